The van der Waals surface area contributed by atoms with Crippen molar-refractivity contribution in [3.8, 4) is 0 Å². The van der Waals surface area contributed by atoms with E-state index in [0.717, 1.165) is 25.7 Å². The third-order valence-corrected chi connectivity index (χ3v) is 11.2. The standard InChI is InChI=1S/C29H46O8/c1-15(7-10-24(32)35-6)19-8-9-20-25-21(14-23(29(19,20)5)37-17(3)31)28(4)12-11-18(36-16(2)30)13-22(28)26(33)27(25)34/h15,18-23,25-27,33-34H,7-14H2,1-6H3/t15-,18+,19+,20+,21+,22-,23-,25+,26-,27+,28+,29+/m0/s1. The van der Waals surface area contributed by atoms with Crippen LogP contribution in [0.4, 0.5) is 0 Å². The molecule has 0 bridgehead atoms. The van der Waals surface area contributed by atoms with Gasteiger partial charge in [0.2, 0.25) is 0 Å². The molecule has 0 unspecified atom stereocenters. The molecule has 0 spiro atoms. The normalized spacial score (nSPS) is 45.6. The maximum atomic E-state index is 12.3. The van der Waals surface area contributed by atoms with Crippen LogP contribution in [0.2, 0.25) is 0 Å². The van der Waals surface area contributed by atoms with Gasteiger partial charge in [0.1, 0.15) is 12.2 Å². The van der Waals surface area contributed by atoms with Crippen molar-refractivity contribution < 1.29 is 38.8 Å². The van der Waals surface area contributed by atoms with E-state index in [2.05, 4.69) is 20.8 Å². The molecule has 210 valence electrons. The number of rotatable bonds is 6. The van der Waals surface area contributed by atoms with E-state index < -0.39 is 12.2 Å². The molecule has 0 saturated heterocycles. The first-order valence-corrected chi connectivity index (χ1v) is 14.1. The Bertz CT molecular complexity index is 889. The SMILES string of the molecule is COC(=O)CC[C@H](C)[C@H]1CC[C@@H]2[C@H]3[C@@H](O)[C@@H](O)[C@@H]4C[C@H](OC(C)=O)CC[C@]4(C)[C@@H]3C[C@H](OC(C)=O)[C@@]21C. The first-order valence-electron chi connectivity index (χ1n) is 14.1. The predicted octanol–water partition coefficient (Wildman–Crippen LogP) is 3.65. The molecule has 8 heteroatoms. The number of fused-ring (bicyclic) bond motifs is 5. The maximum Gasteiger partial charge on any atom is 0.305 e. The van der Waals surface area contributed by atoms with Crippen molar-refractivity contribution >= 4 is 17.9 Å². The maximum absolute atomic E-state index is 12.3. The van der Waals surface area contributed by atoms with Gasteiger partial charge < -0.3 is 24.4 Å². The van der Waals surface area contributed by atoms with Gasteiger partial charge in [-0.2, -0.15) is 0 Å². The minimum Gasteiger partial charge on any atom is -0.469 e. The number of carbonyl (C=O) groups excluding carboxylic acids is 3. The second-order valence-electron chi connectivity index (χ2n) is 12.9. The average Bonchev–Trinajstić information content (AvgIpc) is 3.19. The molecule has 12 atom stereocenters. The van der Waals surface area contributed by atoms with Crippen LogP contribution in [0.3, 0.4) is 0 Å². The van der Waals surface area contributed by atoms with Crippen molar-refractivity contribution in [1.29, 1.82) is 0 Å². The van der Waals surface area contributed by atoms with Gasteiger partial charge in [-0.1, -0.05) is 20.8 Å². The summed E-state index contributed by atoms with van der Waals surface area (Å²) in [5.41, 5.74) is -0.616. The number of hydrogen-bond acceptors (Lipinski definition) is 8. The summed E-state index contributed by atoms with van der Waals surface area (Å²) in [6.07, 6.45) is 3.24. The van der Waals surface area contributed by atoms with E-state index in [4.69, 9.17) is 14.2 Å². The Hall–Kier alpha value is -1.67. The number of esters is 3. The summed E-state index contributed by atoms with van der Waals surface area (Å²) in [5.74, 6) is -0.515. The Kier molecular flexibility index (Phi) is 8.03. The number of carbonyl (C=O) groups is 3. The first kappa shape index (κ1) is 28.3. The molecule has 4 rings (SSSR count). The highest BCUT2D eigenvalue weighted by molar-refractivity contribution is 5.69. The van der Waals surface area contributed by atoms with Crippen LogP contribution in [0.5, 0.6) is 0 Å². The van der Waals surface area contributed by atoms with E-state index in [0.29, 0.717) is 25.7 Å². The van der Waals surface area contributed by atoms with E-state index in [9.17, 15) is 24.6 Å². The van der Waals surface area contributed by atoms with Crippen molar-refractivity contribution in [2.24, 2.45) is 46.3 Å². The molecule has 0 aromatic rings. The Morgan fingerprint density at radius 1 is 0.919 bits per heavy atom. The van der Waals surface area contributed by atoms with Crippen LogP contribution >= 0.6 is 0 Å². The number of aliphatic hydroxyl groups excluding tert-OH is 2. The topological polar surface area (TPSA) is 119 Å². The largest absolute Gasteiger partial charge is 0.469 e. The lowest BCUT2D eigenvalue weighted by atomic mass is 9.42. The molecule has 4 aliphatic carbocycles. The summed E-state index contributed by atoms with van der Waals surface area (Å²) in [7, 11) is 1.40. The van der Waals surface area contributed by atoms with E-state index in [1.54, 1.807) is 0 Å². The minimum absolute atomic E-state index is 0.0840. The smallest absolute Gasteiger partial charge is 0.305 e. The van der Waals surface area contributed by atoms with E-state index in [1.807, 2.05) is 0 Å². The summed E-state index contributed by atoms with van der Waals surface area (Å²) in [4.78, 5) is 35.8. The molecular formula is C29H46O8. The van der Waals surface area contributed by atoms with Crippen molar-refractivity contribution in [3.63, 3.8) is 0 Å². The first-order chi connectivity index (χ1) is 17.3. The summed E-state index contributed by atoms with van der Waals surface area (Å²) >= 11 is 0. The van der Waals surface area contributed by atoms with E-state index in [-0.39, 0.29) is 76.5 Å². The van der Waals surface area contributed by atoms with Gasteiger partial charge in [0.15, 0.2) is 0 Å². The minimum atomic E-state index is -0.894. The fourth-order valence-corrected chi connectivity index (χ4v) is 9.49. The molecule has 0 aliphatic heterocycles. The van der Waals surface area contributed by atoms with Gasteiger partial charge in [-0.15, -0.1) is 0 Å². The molecule has 4 aliphatic rings. The molecular weight excluding hydrogens is 476 g/mol. The molecule has 0 amide bonds. The molecule has 4 saturated carbocycles. The van der Waals surface area contributed by atoms with Gasteiger partial charge in [-0.25, -0.2) is 0 Å². The van der Waals surface area contributed by atoms with E-state index in [1.165, 1.54) is 21.0 Å². The quantitative estimate of drug-likeness (QED) is 0.401. The lowest BCUT2D eigenvalue weighted by molar-refractivity contribution is -0.248. The average molecular weight is 523 g/mol. The van der Waals surface area contributed by atoms with Crippen molar-refractivity contribution in [2.45, 2.75) is 110 Å². The Morgan fingerprint density at radius 2 is 1.59 bits per heavy atom. The van der Waals surface area contributed by atoms with Crippen LogP contribution in [-0.4, -0.2) is 59.6 Å². The predicted molar refractivity (Wildman–Crippen MR) is 135 cm³/mol. The second kappa shape index (κ2) is 10.5. The van der Waals surface area contributed by atoms with Crippen molar-refractivity contribution in [1.82, 2.24) is 0 Å². The number of aliphatic hydroxyl groups is 2. The van der Waals surface area contributed by atoms with Gasteiger partial charge in [0.05, 0.1) is 19.3 Å². The van der Waals surface area contributed by atoms with Crippen LogP contribution in [0, 0.1) is 46.3 Å². The molecule has 8 nitrogen and oxygen atoms in total. The Balaban J connectivity index is 1.66. The van der Waals surface area contributed by atoms with Gasteiger partial charge in [-0.3, -0.25) is 14.4 Å². The number of methoxy groups -OCH3 is 1. The van der Waals surface area contributed by atoms with Crippen LogP contribution in [0.1, 0.15) is 86.0 Å². The zero-order chi connectivity index (χ0) is 27.3. The molecule has 4 fully saturated rings. The van der Waals surface area contributed by atoms with Gasteiger partial charge in [-0.05, 0) is 85.9 Å². The fourth-order valence-electron chi connectivity index (χ4n) is 9.49. The Labute approximate surface area is 220 Å². The highest BCUT2D eigenvalue weighted by Gasteiger charge is 2.68. The zero-order valence-corrected chi connectivity index (χ0v) is 23.3. The highest BCUT2D eigenvalue weighted by atomic mass is 16.5. The van der Waals surface area contributed by atoms with Crippen LogP contribution in [0.15, 0.2) is 0 Å². The summed E-state index contributed by atoms with van der Waals surface area (Å²) in [6.45, 7) is 9.46. The van der Waals surface area contributed by atoms with Gasteiger partial charge >= 0.3 is 17.9 Å². The van der Waals surface area contributed by atoms with Crippen molar-refractivity contribution in [2.75, 3.05) is 7.11 Å². The van der Waals surface area contributed by atoms with Gasteiger partial charge in [0.25, 0.3) is 0 Å². The number of hydrogen-bond donors (Lipinski definition) is 2. The lowest BCUT2D eigenvalue weighted by Crippen LogP contribution is -2.67. The molecule has 0 heterocycles. The summed E-state index contributed by atoms with van der Waals surface area (Å²) < 4.78 is 16.5. The third kappa shape index (κ3) is 4.81. The Morgan fingerprint density at radius 3 is 2.22 bits per heavy atom. The van der Waals surface area contributed by atoms with Gasteiger partial charge in [0, 0.05) is 25.7 Å². The molecule has 37 heavy (non-hydrogen) atoms. The zero-order valence-electron chi connectivity index (χ0n) is 23.3. The van der Waals surface area contributed by atoms with Crippen LogP contribution < -0.4 is 0 Å². The van der Waals surface area contributed by atoms with Crippen molar-refractivity contribution in [3.05, 3.63) is 0 Å². The van der Waals surface area contributed by atoms with Crippen LogP contribution in [-0.2, 0) is 28.6 Å². The number of ether oxygens (including phenoxy) is 3. The molecule has 2 N–H and O–H groups in total. The second-order valence-corrected chi connectivity index (χ2v) is 12.9. The summed E-state index contributed by atoms with van der Waals surface area (Å²) in [6, 6.07) is 0. The third-order valence-electron chi connectivity index (χ3n) is 11.2. The molecule has 0 aromatic carbocycles. The van der Waals surface area contributed by atoms with E-state index >= 15 is 0 Å². The highest BCUT2D eigenvalue weighted by Crippen LogP contribution is 2.69. The lowest BCUT2D eigenvalue weighted by Gasteiger charge is -2.65. The monoisotopic (exact) mass is 522 g/mol. The molecule has 0 radical (unpaired) electrons. The fraction of sp³-hybridized carbons (Fsp3) is 0.897. The molecule has 0 aromatic heterocycles. The summed E-state index contributed by atoms with van der Waals surface area (Å²) in [5, 5.41) is 23.1. The van der Waals surface area contributed by atoms with Crippen LogP contribution in [0.25, 0.3) is 0 Å².